The fourth-order valence-electron chi connectivity index (χ4n) is 4.52. The number of fused-ring (bicyclic) bond motifs is 1. The van der Waals surface area contributed by atoms with E-state index in [-0.39, 0.29) is 24.8 Å². The molecule has 0 saturated carbocycles. The Bertz CT molecular complexity index is 1070. The van der Waals surface area contributed by atoms with Crippen molar-refractivity contribution in [2.75, 3.05) is 39.3 Å². The summed E-state index contributed by atoms with van der Waals surface area (Å²) in [5, 5.41) is 18.4. The second-order valence-electron chi connectivity index (χ2n) is 8.91. The van der Waals surface area contributed by atoms with Crippen molar-refractivity contribution in [3.8, 4) is 0 Å². The number of nitrogens with zero attached hydrogens (tertiary/aromatic N) is 3. The summed E-state index contributed by atoms with van der Waals surface area (Å²) < 4.78 is 31.7. The van der Waals surface area contributed by atoms with Gasteiger partial charge in [-0.25, -0.2) is 4.79 Å². The van der Waals surface area contributed by atoms with Crippen LogP contribution in [0.3, 0.4) is 0 Å². The van der Waals surface area contributed by atoms with Gasteiger partial charge in [-0.05, 0) is 30.0 Å². The number of hydrogen-bond donors (Lipinski definition) is 3. The molecular weight excluding hydrogens is 501 g/mol. The molecule has 2 saturated heterocycles. The van der Waals surface area contributed by atoms with E-state index in [0.717, 1.165) is 50.3 Å². The first kappa shape index (κ1) is 28.1. The summed E-state index contributed by atoms with van der Waals surface area (Å²) in [6, 6.07) is 5.11. The van der Waals surface area contributed by atoms with Crippen molar-refractivity contribution in [3.63, 3.8) is 0 Å². The first-order valence-corrected chi connectivity index (χ1v) is 11.6. The molecule has 2 fully saturated rings. The molecule has 3 aliphatic rings. The number of carbonyl (C=O) groups is 5. The lowest BCUT2D eigenvalue weighted by molar-refractivity contribution is -0.192. The number of rotatable bonds is 6. The highest BCUT2D eigenvalue weighted by Gasteiger charge is 2.40. The van der Waals surface area contributed by atoms with Gasteiger partial charge in [-0.3, -0.25) is 29.4 Å². The Hall–Kier alpha value is -3.52. The van der Waals surface area contributed by atoms with Crippen LogP contribution in [-0.2, 0) is 32.1 Å². The Morgan fingerprint density at radius 2 is 1.65 bits per heavy atom. The van der Waals surface area contributed by atoms with Gasteiger partial charge in [-0.2, -0.15) is 13.2 Å². The highest BCUT2D eigenvalue weighted by molar-refractivity contribution is 6.05. The van der Waals surface area contributed by atoms with Crippen molar-refractivity contribution >= 4 is 29.7 Å². The van der Waals surface area contributed by atoms with Crippen molar-refractivity contribution < 1.29 is 47.4 Å². The Balaban J connectivity index is 0.000000479. The summed E-state index contributed by atoms with van der Waals surface area (Å²) in [5.41, 5.74) is 2.71. The van der Waals surface area contributed by atoms with Gasteiger partial charge >= 0.3 is 18.1 Å². The number of halogens is 3. The number of piperidine rings is 1. The molecule has 3 amide bonds. The van der Waals surface area contributed by atoms with Crippen LogP contribution in [0.1, 0.15) is 34.3 Å². The zero-order valence-electron chi connectivity index (χ0n) is 19.8. The van der Waals surface area contributed by atoms with E-state index in [1.807, 2.05) is 17.0 Å². The third-order valence-corrected chi connectivity index (χ3v) is 6.44. The topological polar surface area (TPSA) is 148 Å². The molecule has 1 aromatic rings. The van der Waals surface area contributed by atoms with E-state index in [0.29, 0.717) is 18.5 Å². The predicted octanol–water partition coefficient (Wildman–Crippen LogP) is 0.326. The summed E-state index contributed by atoms with van der Waals surface area (Å²) in [6.45, 7) is 4.43. The van der Waals surface area contributed by atoms with Crippen LogP contribution >= 0.6 is 0 Å². The van der Waals surface area contributed by atoms with Gasteiger partial charge in [-0.1, -0.05) is 12.1 Å². The molecule has 1 aromatic carbocycles. The number of benzene rings is 1. The van der Waals surface area contributed by atoms with Crippen LogP contribution < -0.4 is 5.32 Å². The summed E-state index contributed by atoms with van der Waals surface area (Å²) in [7, 11) is 0. The average Bonchev–Trinajstić information content (AvgIpc) is 3.15. The largest absolute Gasteiger partial charge is 0.490 e. The van der Waals surface area contributed by atoms with Gasteiger partial charge in [-0.15, -0.1) is 0 Å². The SMILES string of the molecule is O=C(O)C(F)(F)F.O=C(O)CN1CCN(CCc2cccc3c2CN(C2CCC(=O)NC2=O)C3=O)CC1. The van der Waals surface area contributed by atoms with Crippen molar-refractivity contribution in [2.45, 2.75) is 38.0 Å². The van der Waals surface area contributed by atoms with Crippen molar-refractivity contribution in [1.82, 2.24) is 20.0 Å². The van der Waals surface area contributed by atoms with Crippen LogP contribution in [0.2, 0.25) is 0 Å². The molecule has 3 heterocycles. The van der Waals surface area contributed by atoms with Gasteiger partial charge in [0.15, 0.2) is 0 Å². The van der Waals surface area contributed by atoms with E-state index in [9.17, 15) is 32.3 Å². The Labute approximate surface area is 209 Å². The average molecular weight is 528 g/mol. The number of carboxylic acids is 2. The molecular formula is C23H27F3N4O7. The zero-order valence-corrected chi connectivity index (χ0v) is 19.8. The molecule has 0 spiro atoms. The van der Waals surface area contributed by atoms with E-state index in [1.54, 1.807) is 11.0 Å². The number of piperazine rings is 1. The number of imide groups is 1. The number of amides is 3. The molecule has 0 aliphatic carbocycles. The summed E-state index contributed by atoms with van der Waals surface area (Å²) in [5.74, 6) is -4.39. The minimum Gasteiger partial charge on any atom is -0.480 e. The molecule has 3 N–H and O–H groups in total. The Morgan fingerprint density at radius 1 is 1.03 bits per heavy atom. The fourth-order valence-corrected chi connectivity index (χ4v) is 4.52. The van der Waals surface area contributed by atoms with Gasteiger partial charge in [0.2, 0.25) is 11.8 Å². The van der Waals surface area contributed by atoms with Gasteiger partial charge in [0.25, 0.3) is 5.91 Å². The lowest BCUT2D eigenvalue weighted by atomic mass is 10.0. The predicted molar refractivity (Wildman–Crippen MR) is 120 cm³/mol. The van der Waals surface area contributed by atoms with Crippen molar-refractivity contribution in [1.29, 1.82) is 0 Å². The number of aliphatic carboxylic acids is 2. The molecule has 4 rings (SSSR count). The zero-order chi connectivity index (χ0) is 27.3. The molecule has 0 aromatic heterocycles. The number of alkyl halides is 3. The quantitative estimate of drug-likeness (QED) is 0.444. The molecule has 1 atom stereocenters. The van der Waals surface area contributed by atoms with E-state index in [4.69, 9.17) is 15.0 Å². The van der Waals surface area contributed by atoms with Gasteiger partial charge in [0.05, 0.1) is 6.54 Å². The van der Waals surface area contributed by atoms with Gasteiger partial charge in [0.1, 0.15) is 6.04 Å². The van der Waals surface area contributed by atoms with Crippen LogP contribution in [0.4, 0.5) is 13.2 Å². The van der Waals surface area contributed by atoms with Crippen LogP contribution in [0.25, 0.3) is 0 Å². The highest BCUT2D eigenvalue weighted by atomic mass is 19.4. The maximum atomic E-state index is 12.9. The number of carboxylic acid groups (broad SMARTS) is 2. The molecule has 0 bridgehead atoms. The van der Waals surface area contributed by atoms with Crippen molar-refractivity contribution in [3.05, 3.63) is 34.9 Å². The monoisotopic (exact) mass is 528 g/mol. The van der Waals surface area contributed by atoms with Gasteiger partial charge < -0.3 is 20.0 Å². The first-order valence-electron chi connectivity index (χ1n) is 11.6. The lowest BCUT2D eigenvalue weighted by Crippen LogP contribution is -2.52. The summed E-state index contributed by atoms with van der Waals surface area (Å²) >= 11 is 0. The summed E-state index contributed by atoms with van der Waals surface area (Å²) in [6.07, 6.45) is -3.68. The normalized spacial score (nSPS) is 20.7. The van der Waals surface area contributed by atoms with Crippen LogP contribution in [0.15, 0.2) is 18.2 Å². The Morgan fingerprint density at radius 3 is 2.22 bits per heavy atom. The molecule has 0 radical (unpaired) electrons. The minimum absolute atomic E-state index is 0.0817. The van der Waals surface area contributed by atoms with E-state index in [2.05, 4.69) is 10.2 Å². The van der Waals surface area contributed by atoms with Crippen LogP contribution in [0.5, 0.6) is 0 Å². The summed E-state index contributed by atoms with van der Waals surface area (Å²) in [4.78, 5) is 62.1. The maximum absolute atomic E-state index is 12.9. The molecule has 11 nitrogen and oxygen atoms in total. The van der Waals surface area contributed by atoms with Gasteiger partial charge in [0, 0.05) is 51.3 Å². The Kier molecular flexibility index (Phi) is 8.86. The van der Waals surface area contributed by atoms with Crippen LogP contribution in [0, 0.1) is 0 Å². The van der Waals surface area contributed by atoms with Crippen LogP contribution in [-0.4, -0.2) is 106 Å². The number of carbonyl (C=O) groups excluding carboxylic acids is 3. The van der Waals surface area contributed by atoms with E-state index in [1.165, 1.54) is 0 Å². The maximum Gasteiger partial charge on any atom is 0.490 e. The van der Waals surface area contributed by atoms with Crippen molar-refractivity contribution in [2.24, 2.45) is 0 Å². The van der Waals surface area contributed by atoms with E-state index >= 15 is 0 Å². The third kappa shape index (κ3) is 7.26. The minimum atomic E-state index is -5.08. The third-order valence-electron chi connectivity index (χ3n) is 6.44. The second kappa shape index (κ2) is 11.7. The standard InChI is InChI=1S/C21H26N4O5.C2HF3O2/c26-18-5-4-17(20(29)22-18)25-12-16-14(2-1-3-15(16)21(25)30)6-7-23-8-10-24(11-9-23)13-19(27)28;3-2(4,5)1(6)7/h1-3,17H,4-13H2,(H,27,28)(H,22,26,29);(H,6,7). The lowest BCUT2D eigenvalue weighted by Gasteiger charge is -2.33. The molecule has 1 unspecified atom stereocenters. The number of hydrogen-bond acceptors (Lipinski definition) is 7. The number of nitrogens with one attached hydrogen (secondary N) is 1. The second-order valence-corrected chi connectivity index (χ2v) is 8.91. The fraction of sp³-hybridized carbons (Fsp3) is 0.522. The van der Waals surface area contributed by atoms with E-state index < -0.39 is 30.1 Å². The molecule has 3 aliphatic heterocycles. The highest BCUT2D eigenvalue weighted by Crippen LogP contribution is 2.30. The smallest absolute Gasteiger partial charge is 0.480 e. The molecule has 202 valence electrons. The first-order chi connectivity index (χ1) is 17.4. The molecule has 37 heavy (non-hydrogen) atoms. The molecule has 14 heteroatoms.